The van der Waals surface area contributed by atoms with Crippen LogP contribution < -0.4 is 25.0 Å². The van der Waals surface area contributed by atoms with E-state index < -0.39 is 11.3 Å². The highest BCUT2D eigenvalue weighted by atomic mass is 16.5. The molecule has 0 atom stereocenters. The van der Waals surface area contributed by atoms with Gasteiger partial charge in [-0.2, -0.15) is 5.10 Å². The molecule has 8 heteroatoms. The van der Waals surface area contributed by atoms with E-state index in [0.717, 1.165) is 5.56 Å². The van der Waals surface area contributed by atoms with E-state index in [4.69, 9.17) is 14.2 Å². The summed E-state index contributed by atoms with van der Waals surface area (Å²) in [6.45, 7) is 7.30. The number of rotatable bonds is 7. The molecule has 2 rings (SSSR count). The van der Waals surface area contributed by atoms with Crippen LogP contribution >= 0.6 is 0 Å². The molecule has 0 fully saturated rings. The average molecular weight is 428 g/mol. The molecule has 0 bridgehead atoms. The number of hydrazone groups is 1. The van der Waals surface area contributed by atoms with E-state index in [-0.39, 0.29) is 5.91 Å². The zero-order valence-corrected chi connectivity index (χ0v) is 19.0. The van der Waals surface area contributed by atoms with Gasteiger partial charge in [-0.15, -0.1) is 0 Å². The van der Waals surface area contributed by atoms with Gasteiger partial charge in [0.05, 0.1) is 27.0 Å². The van der Waals surface area contributed by atoms with Crippen molar-refractivity contribution in [1.82, 2.24) is 5.43 Å². The molecule has 8 nitrogen and oxygen atoms in total. The Morgan fingerprint density at radius 3 is 2.03 bits per heavy atom. The van der Waals surface area contributed by atoms with Crippen molar-refractivity contribution >= 4 is 23.2 Å². The van der Waals surface area contributed by atoms with Gasteiger partial charge in [-0.05, 0) is 36.8 Å². The molecule has 2 aromatic carbocycles. The lowest BCUT2D eigenvalue weighted by molar-refractivity contribution is -0.123. The van der Waals surface area contributed by atoms with Crippen molar-refractivity contribution in [2.24, 2.45) is 10.5 Å². The molecule has 0 saturated carbocycles. The smallest absolute Gasteiger partial charge is 0.271 e. The molecule has 0 aromatic heterocycles. The quantitative estimate of drug-likeness (QED) is 0.517. The molecule has 2 amide bonds. The molecule has 0 radical (unpaired) electrons. The molecule has 0 saturated heterocycles. The van der Waals surface area contributed by atoms with Gasteiger partial charge in [0.15, 0.2) is 11.5 Å². The number of carbonyl (C=O) groups excluding carboxylic acids is 2. The van der Waals surface area contributed by atoms with Crippen LogP contribution in [0.25, 0.3) is 0 Å². The summed E-state index contributed by atoms with van der Waals surface area (Å²) < 4.78 is 15.8. The first-order valence-corrected chi connectivity index (χ1v) is 9.67. The summed E-state index contributed by atoms with van der Waals surface area (Å²) in [6.07, 6.45) is 0. The first kappa shape index (κ1) is 23.7. The number of ether oxygens (including phenoxy) is 3. The molecule has 2 aromatic rings. The predicted octanol–water partition coefficient (Wildman–Crippen LogP) is 3.85. The second kappa shape index (κ2) is 9.97. The highest BCUT2D eigenvalue weighted by molar-refractivity contribution is 6.02. The van der Waals surface area contributed by atoms with E-state index in [1.807, 2.05) is 32.9 Å². The third-order valence-corrected chi connectivity index (χ3v) is 4.47. The minimum absolute atomic E-state index is 0.0880. The van der Waals surface area contributed by atoms with Crippen molar-refractivity contribution in [3.63, 3.8) is 0 Å². The van der Waals surface area contributed by atoms with Gasteiger partial charge in [0, 0.05) is 16.7 Å². The monoisotopic (exact) mass is 427 g/mol. The Morgan fingerprint density at radius 2 is 1.52 bits per heavy atom. The molecule has 31 heavy (non-hydrogen) atoms. The predicted molar refractivity (Wildman–Crippen MR) is 120 cm³/mol. The SMILES string of the molecule is COc1cc(C(=O)N/N=C(/C)c2cccc(NC(=O)C(C)(C)C)c2)cc(OC)c1OC. The number of hydrogen-bond acceptors (Lipinski definition) is 6. The summed E-state index contributed by atoms with van der Waals surface area (Å²) in [5.74, 6) is 0.617. The fraction of sp³-hybridized carbons (Fsp3) is 0.348. The van der Waals surface area contributed by atoms with Gasteiger partial charge in [0.2, 0.25) is 11.7 Å². The summed E-state index contributed by atoms with van der Waals surface area (Å²) in [4.78, 5) is 24.8. The number of nitrogens with zero attached hydrogens (tertiary/aromatic N) is 1. The lowest BCUT2D eigenvalue weighted by Crippen LogP contribution is -2.27. The Kier molecular flexibility index (Phi) is 7.63. The van der Waals surface area contributed by atoms with Crippen molar-refractivity contribution in [1.29, 1.82) is 0 Å². The first-order chi connectivity index (χ1) is 14.6. The second-order valence-electron chi connectivity index (χ2n) is 7.84. The van der Waals surface area contributed by atoms with E-state index in [1.54, 1.807) is 31.2 Å². The van der Waals surface area contributed by atoms with E-state index in [9.17, 15) is 9.59 Å². The molecule has 2 N–H and O–H groups in total. The number of hydrogen-bond donors (Lipinski definition) is 2. The molecule has 0 aliphatic rings. The minimum atomic E-state index is -0.506. The summed E-state index contributed by atoms with van der Waals surface area (Å²) >= 11 is 0. The molecular weight excluding hydrogens is 398 g/mol. The molecule has 0 unspecified atom stereocenters. The lowest BCUT2D eigenvalue weighted by Gasteiger charge is -2.18. The minimum Gasteiger partial charge on any atom is -0.493 e. The summed E-state index contributed by atoms with van der Waals surface area (Å²) in [5.41, 5.74) is 4.32. The Labute approximate surface area is 182 Å². The maximum Gasteiger partial charge on any atom is 0.271 e. The molecule has 0 aliphatic carbocycles. The van der Waals surface area contributed by atoms with Gasteiger partial charge >= 0.3 is 0 Å². The largest absolute Gasteiger partial charge is 0.493 e. The summed E-state index contributed by atoms with van der Waals surface area (Å²) in [7, 11) is 4.45. The number of anilines is 1. The third-order valence-electron chi connectivity index (χ3n) is 4.47. The van der Waals surface area contributed by atoms with Crippen LogP contribution in [0.1, 0.15) is 43.6 Å². The first-order valence-electron chi connectivity index (χ1n) is 9.67. The van der Waals surface area contributed by atoms with Crippen molar-refractivity contribution in [3.8, 4) is 17.2 Å². The number of benzene rings is 2. The fourth-order valence-corrected chi connectivity index (χ4v) is 2.62. The Hall–Kier alpha value is -3.55. The molecule has 166 valence electrons. The van der Waals surface area contributed by atoms with Crippen LogP contribution in [0.15, 0.2) is 41.5 Å². The summed E-state index contributed by atoms with van der Waals surface area (Å²) in [5, 5.41) is 7.07. The van der Waals surface area contributed by atoms with Crippen LogP contribution in [0.2, 0.25) is 0 Å². The highest BCUT2D eigenvalue weighted by Gasteiger charge is 2.21. The number of methoxy groups -OCH3 is 3. The third kappa shape index (κ3) is 5.97. The Morgan fingerprint density at radius 1 is 0.903 bits per heavy atom. The topological polar surface area (TPSA) is 98.2 Å². The van der Waals surface area contributed by atoms with Gasteiger partial charge in [0.1, 0.15) is 0 Å². The van der Waals surface area contributed by atoms with Gasteiger partial charge in [-0.1, -0.05) is 32.9 Å². The Balaban J connectivity index is 2.20. The van der Waals surface area contributed by atoms with Gasteiger partial charge in [0.25, 0.3) is 5.91 Å². The fourth-order valence-electron chi connectivity index (χ4n) is 2.62. The van der Waals surface area contributed by atoms with Crippen LogP contribution in [0, 0.1) is 5.41 Å². The Bertz CT molecular complexity index is 968. The van der Waals surface area contributed by atoms with Crippen LogP contribution in [-0.2, 0) is 4.79 Å². The van der Waals surface area contributed by atoms with Crippen LogP contribution in [0.4, 0.5) is 5.69 Å². The second-order valence-corrected chi connectivity index (χ2v) is 7.84. The zero-order valence-electron chi connectivity index (χ0n) is 19.0. The molecule has 0 heterocycles. The van der Waals surface area contributed by atoms with Crippen LogP contribution in [-0.4, -0.2) is 38.9 Å². The number of amides is 2. The van der Waals surface area contributed by atoms with E-state index in [2.05, 4.69) is 15.8 Å². The number of nitrogens with one attached hydrogen (secondary N) is 2. The molecule has 0 spiro atoms. The van der Waals surface area contributed by atoms with E-state index in [1.165, 1.54) is 21.3 Å². The van der Waals surface area contributed by atoms with Crippen LogP contribution in [0.5, 0.6) is 17.2 Å². The van der Waals surface area contributed by atoms with E-state index in [0.29, 0.717) is 34.2 Å². The van der Waals surface area contributed by atoms with Crippen LogP contribution in [0.3, 0.4) is 0 Å². The standard InChI is InChI=1S/C23H29N3O5/c1-14(15-9-8-10-17(11-15)24-22(28)23(2,3)4)25-26-21(27)16-12-18(29-5)20(31-7)19(13-16)30-6/h8-13H,1-7H3,(H,24,28)(H,26,27)/b25-14-. The van der Waals surface area contributed by atoms with Gasteiger partial charge < -0.3 is 19.5 Å². The zero-order chi connectivity index (χ0) is 23.2. The molecule has 0 aliphatic heterocycles. The maximum absolute atomic E-state index is 12.6. The number of carbonyl (C=O) groups is 2. The van der Waals surface area contributed by atoms with Crippen molar-refractivity contribution in [3.05, 3.63) is 47.5 Å². The average Bonchev–Trinajstić information content (AvgIpc) is 2.75. The molecular formula is C23H29N3O5. The lowest BCUT2D eigenvalue weighted by atomic mass is 9.95. The van der Waals surface area contributed by atoms with Crippen molar-refractivity contribution in [2.75, 3.05) is 26.6 Å². The summed E-state index contributed by atoms with van der Waals surface area (Å²) in [6, 6.07) is 10.3. The maximum atomic E-state index is 12.6. The highest BCUT2D eigenvalue weighted by Crippen LogP contribution is 2.38. The normalized spacial score (nSPS) is 11.5. The van der Waals surface area contributed by atoms with E-state index >= 15 is 0 Å². The van der Waals surface area contributed by atoms with Gasteiger partial charge in [-0.25, -0.2) is 5.43 Å². The van der Waals surface area contributed by atoms with Crippen molar-refractivity contribution < 1.29 is 23.8 Å². The van der Waals surface area contributed by atoms with Gasteiger partial charge in [-0.3, -0.25) is 9.59 Å². The van der Waals surface area contributed by atoms with Crippen molar-refractivity contribution in [2.45, 2.75) is 27.7 Å².